The van der Waals surface area contributed by atoms with Gasteiger partial charge in [0.1, 0.15) is 0 Å². The molecule has 2 heteroatoms. The van der Waals surface area contributed by atoms with E-state index in [0.29, 0.717) is 6.42 Å². The summed E-state index contributed by atoms with van der Waals surface area (Å²) in [4.78, 5) is 10.6. The van der Waals surface area contributed by atoms with Gasteiger partial charge in [0.05, 0.1) is 0 Å². The summed E-state index contributed by atoms with van der Waals surface area (Å²) in [5.74, 6) is 0.694. The van der Waals surface area contributed by atoms with E-state index in [1.807, 2.05) is 0 Å². The van der Waals surface area contributed by atoms with Crippen LogP contribution in [0.3, 0.4) is 0 Å². The van der Waals surface area contributed by atoms with Crippen LogP contribution in [-0.2, 0) is 4.79 Å². The molecular weight excluding hydrogens is 222 g/mol. The molecule has 0 saturated carbocycles. The van der Waals surface area contributed by atoms with Gasteiger partial charge in [-0.2, -0.15) is 0 Å². The highest BCUT2D eigenvalue weighted by Crippen LogP contribution is 2.17. The minimum absolute atomic E-state index is 0.157. The number of carbonyl (C=O) groups is 1. The van der Waals surface area contributed by atoms with Crippen LogP contribution in [0.5, 0.6) is 0 Å². The van der Waals surface area contributed by atoms with Gasteiger partial charge in [-0.1, -0.05) is 78.1 Å². The van der Waals surface area contributed by atoms with Crippen LogP contribution in [0.1, 0.15) is 90.9 Å². The zero-order chi connectivity index (χ0) is 13.6. The number of rotatable bonds is 13. The van der Waals surface area contributed by atoms with Crippen molar-refractivity contribution in [1.82, 2.24) is 0 Å². The van der Waals surface area contributed by atoms with Crippen molar-refractivity contribution in [3.05, 3.63) is 0 Å². The molecular formula is C16H33NO. The van der Waals surface area contributed by atoms with E-state index in [4.69, 9.17) is 5.73 Å². The second kappa shape index (κ2) is 12.9. The highest BCUT2D eigenvalue weighted by Gasteiger charge is 2.02. The van der Waals surface area contributed by atoms with Crippen LogP contribution in [0.15, 0.2) is 0 Å². The van der Waals surface area contributed by atoms with Gasteiger partial charge in [0.15, 0.2) is 0 Å². The van der Waals surface area contributed by atoms with Gasteiger partial charge in [0.25, 0.3) is 0 Å². The third-order valence-corrected chi connectivity index (χ3v) is 3.67. The van der Waals surface area contributed by atoms with Gasteiger partial charge in [-0.3, -0.25) is 4.79 Å². The molecule has 0 aromatic rings. The molecule has 1 amide bonds. The van der Waals surface area contributed by atoms with Gasteiger partial charge < -0.3 is 5.73 Å². The maximum absolute atomic E-state index is 10.6. The Hall–Kier alpha value is -0.530. The van der Waals surface area contributed by atoms with E-state index in [1.54, 1.807) is 0 Å². The Morgan fingerprint density at radius 3 is 1.94 bits per heavy atom. The molecule has 18 heavy (non-hydrogen) atoms. The largest absolute Gasteiger partial charge is 0.370 e. The van der Waals surface area contributed by atoms with E-state index in [9.17, 15) is 4.79 Å². The van der Waals surface area contributed by atoms with Crippen LogP contribution in [-0.4, -0.2) is 5.91 Å². The van der Waals surface area contributed by atoms with Crippen LogP contribution in [0.25, 0.3) is 0 Å². The third-order valence-electron chi connectivity index (χ3n) is 3.67. The fourth-order valence-electron chi connectivity index (χ4n) is 2.39. The van der Waals surface area contributed by atoms with Crippen LogP contribution < -0.4 is 5.73 Å². The molecule has 0 aliphatic rings. The number of hydrogen-bond donors (Lipinski definition) is 1. The number of amides is 1. The molecule has 2 nitrogen and oxygen atoms in total. The summed E-state index contributed by atoms with van der Waals surface area (Å²) in [6.45, 7) is 4.63. The van der Waals surface area contributed by atoms with Crippen LogP contribution in [0.2, 0.25) is 0 Å². The predicted molar refractivity (Wildman–Crippen MR) is 79.4 cm³/mol. The lowest BCUT2D eigenvalue weighted by Crippen LogP contribution is -2.09. The first-order valence-corrected chi connectivity index (χ1v) is 7.95. The Morgan fingerprint density at radius 1 is 0.889 bits per heavy atom. The molecule has 0 aromatic heterocycles. The minimum atomic E-state index is -0.157. The van der Waals surface area contributed by atoms with Gasteiger partial charge in [0, 0.05) is 6.42 Å². The summed E-state index contributed by atoms with van der Waals surface area (Å²) in [5.41, 5.74) is 5.11. The monoisotopic (exact) mass is 255 g/mol. The average molecular weight is 255 g/mol. The molecule has 1 unspecified atom stereocenters. The number of carbonyl (C=O) groups excluding carboxylic acids is 1. The number of unbranched alkanes of at least 4 members (excludes halogenated alkanes) is 7. The molecule has 0 saturated heterocycles. The van der Waals surface area contributed by atoms with Gasteiger partial charge in [-0.15, -0.1) is 0 Å². The molecule has 0 aliphatic carbocycles. The predicted octanol–water partition coefficient (Wildman–Crippen LogP) is 4.81. The molecule has 0 bridgehead atoms. The zero-order valence-corrected chi connectivity index (χ0v) is 12.5. The van der Waals surface area contributed by atoms with Gasteiger partial charge >= 0.3 is 0 Å². The number of nitrogens with two attached hydrogens (primary N) is 1. The van der Waals surface area contributed by atoms with Gasteiger partial charge in [0.2, 0.25) is 5.91 Å². The number of hydrogen-bond acceptors (Lipinski definition) is 1. The second-order valence-corrected chi connectivity index (χ2v) is 5.73. The first-order chi connectivity index (χ1) is 8.66. The van der Waals surface area contributed by atoms with Crippen molar-refractivity contribution in [1.29, 1.82) is 0 Å². The average Bonchev–Trinajstić information content (AvgIpc) is 2.33. The van der Waals surface area contributed by atoms with Crippen LogP contribution in [0.4, 0.5) is 0 Å². The van der Waals surface area contributed by atoms with Crippen molar-refractivity contribution in [2.45, 2.75) is 90.9 Å². The summed E-state index contributed by atoms with van der Waals surface area (Å²) < 4.78 is 0. The summed E-state index contributed by atoms with van der Waals surface area (Å²) in [6, 6.07) is 0. The zero-order valence-electron chi connectivity index (χ0n) is 12.5. The van der Waals surface area contributed by atoms with E-state index >= 15 is 0 Å². The van der Waals surface area contributed by atoms with E-state index < -0.39 is 0 Å². The van der Waals surface area contributed by atoms with Gasteiger partial charge in [-0.05, 0) is 12.3 Å². The maximum Gasteiger partial charge on any atom is 0.217 e. The lowest BCUT2D eigenvalue weighted by molar-refractivity contribution is -0.118. The molecule has 0 heterocycles. The molecule has 0 radical (unpaired) electrons. The highest BCUT2D eigenvalue weighted by atomic mass is 16.1. The van der Waals surface area contributed by atoms with Crippen molar-refractivity contribution in [3.8, 4) is 0 Å². The second-order valence-electron chi connectivity index (χ2n) is 5.73. The standard InChI is InChI=1S/C16H33NO/c1-3-4-5-6-7-9-12-15(2)13-10-8-11-14-16(17)18/h15H,3-14H2,1-2H3,(H2,17,18). The molecule has 0 aromatic carbocycles. The molecule has 1 atom stereocenters. The first kappa shape index (κ1) is 17.5. The van der Waals surface area contributed by atoms with E-state index in [-0.39, 0.29) is 5.91 Å². The topological polar surface area (TPSA) is 43.1 Å². The normalized spacial score (nSPS) is 12.6. The van der Waals surface area contributed by atoms with E-state index in [0.717, 1.165) is 18.8 Å². The van der Waals surface area contributed by atoms with Crippen molar-refractivity contribution < 1.29 is 4.79 Å². The highest BCUT2D eigenvalue weighted by molar-refractivity contribution is 5.73. The first-order valence-electron chi connectivity index (χ1n) is 7.95. The summed E-state index contributed by atoms with van der Waals surface area (Å²) >= 11 is 0. The Balaban J connectivity index is 3.17. The van der Waals surface area contributed by atoms with E-state index in [2.05, 4.69) is 13.8 Å². The van der Waals surface area contributed by atoms with Crippen molar-refractivity contribution >= 4 is 5.91 Å². The summed E-state index contributed by atoms with van der Waals surface area (Å²) in [7, 11) is 0. The molecule has 0 rings (SSSR count). The van der Waals surface area contributed by atoms with E-state index in [1.165, 1.54) is 57.8 Å². The molecule has 108 valence electrons. The summed E-state index contributed by atoms with van der Waals surface area (Å²) in [6.07, 6.45) is 15.0. The molecule has 0 spiro atoms. The Labute approximate surface area is 114 Å². The lowest BCUT2D eigenvalue weighted by Gasteiger charge is -2.10. The van der Waals surface area contributed by atoms with Crippen molar-refractivity contribution in [2.24, 2.45) is 11.7 Å². The molecule has 0 aliphatic heterocycles. The van der Waals surface area contributed by atoms with Gasteiger partial charge in [-0.25, -0.2) is 0 Å². The van der Waals surface area contributed by atoms with Crippen molar-refractivity contribution in [3.63, 3.8) is 0 Å². The maximum atomic E-state index is 10.6. The van der Waals surface area contributed by atoms with Crippen LogP contribution >= 0.6 is 0 Å². The SMILES string of the molecule is CCCCCCCCC(C)CCCCCC(N)=O. The Bertz CT molecular complexity index is 192. The fourth-order valence-corrected chi connectivity index (χ4v) is 2.39. The fraction of sp³-hybridized carbons (Fsp3) is 0.938. The minimum Gasteiger partial charge on any atom is -0.370 e. The van der Waals surface area contributed by atoms with Crippen molar-refractivity contribution in [2.75, 3.05) is 0 Å². The third kappa shape index (κ3) is 13.5. The quantitative estimate of drug-likeness (QED) is 0.472. The van der Waals surface area contributed by atoms with Crippen LogP contribution in [0, 0.1) is 5.92 Å². The molecule has 2 N–H and O–H groups in total. The molecule has 0 fully saturated rings. The number of primary amides is 1. The summed E-state index contributed by atoms with van der Waals surface area (Å²) in [5, 5.41) is 0. The smallest absolute Gasteiger partial charge is 0.217 e. The lowest BCUT2D eigenvalue weighted by atomic mass is 9.96. The Kier molecular flexibility index (Phi) is 12.5. The Morgan fingerprint density at radius 2 is 1.39 bits per heavy atom.